The minimum Gasteiger partial charge on any atom is -0.481 e. The molecule has 1 aliphatic heterocycles. The monoisotopic (exact) mass is 651 g/mol. The second kappa shape index (κ2) is 14.6. The molecule has 0 radical (unpaired) electrons. The highest BCUT2D eigenvalue weighted by atomic mass is 35.5. The number of rotatable bonds is 12. The number of amides is 3. The molecule has 1 unspecified atom stereocenters. The maximum absolute atomic E-state index is 13.9. The summed E-state index contributed by atoms with van der Waals surface area (Å²) in [5.41, 5.74) is -1.30. The summed E-state index contributed by atoms with van der Waals surface area (Å²) >= 11 is 6.00. The van der Waals surface area contributed by atoms with E-state index in [4.69, 9.17) is 25.8 Å². The first-order chi connectivity index (χ1) is 21.5. The van der Waals surface area contributed by atoms with Crippen LogP contribution >= 0.6 is 11.6 Å². The van der Waals surface area contributed by atoms with Crippen LogP contribution in [-0.2, 0) is 23.9 Å². The van der Waals surface area contributed by atoms with Crippen molar-refractivity contribution in [2.45, 2.75) is 57.6 Å². The Bertz CT molecular complexity index is 1440. The molecule has 2 heterocycles. The van der Waals surface area contributed by atoms with E-state index in [9.17, 15) is 33.5 Å². The summed E-state index contributed by atoms with van der Waals surface area (Å²) in [4.78, 5) is 66.0. The van der Waals surface area contributed by atoms with E-state index in [1.165, 1.54) is 32.7 Å². The number of hydrogen-bond acceptors (Lipinski definition) is 9. The quantitative estimate of drug-likeness (QED) is 0.325. The van der Waals surface area contributed by atoms with E-state index in [2.05, 4.69) is 10.4 Å². The summed E-state index contributed by atoms with van der Waals surface area (Å²) in [5.74, 6) is -3.79. The largest absolute Gasteiger partial charge is 0.481 e. The van der Waals surface area contributed by atoms with Gasteiger partial charge in [-0.1, -0.05) is 11.6 Å². The topological polar surface area (TPSA) is 170 Å². The predicted octanol–water partition coefficient (Wildman–Crippen LogP) is 2.79. The first-order valence-electron chi connectivity index (χ1n) is 14.6. The zero-order valence-corrected chi connectivity index (χ0v) is 25.7. The average Bonchev–Trinajstić information content (AvgIpc) is 3.42. The Kier molecular flexibility index (Phi) is 10.9. The third kappa shape index (κ3) is 7.82. The van der Waals surface area contributed by atoms with Gasteiger partial charge in [-0.15, -0.1) is 0 Å². The molecule has 1 saturated carbocycles. The molecule has 45 heavy (non-hydrogen) atoms. The van der Waals surface area contributed by atoms with Crippen LogP contribution in [0.2, 0.25) is 5.02 Å². The summed E-state index contributed by atoms with van der Waals surface area (Å²) in [7, 11) is 0. The van der Waals surface area contributed by atoms with Crippen LogP contribution in [0.25, 0.3) is 5.69 Å². The molecule has 2 aromatic rings. The fourth-order valence-corrected chi connectivity index (χ4v) is 5.13. The third-order valence-corrected chi connectivity index (χ3v) is 7.82. The number of carbonyl (C=O) groups excluding carboxylic acids is 4. The van der Waals surface area contributed by atoms with Crippen LogP contribution in [0.3, 0.4) is 0 Å². The maximum Gasteiger partial charge on any atom is 0.409 e. The highest BCUT2D eigenvalue weighted by Gasteiger charge is 2.49. The van der Waals surface area contributed by atoms with E-state index in [1.807, 2.05) is 0 Å². The molecule has 2 fully saturated rings. The number of carboxylic acids is 1. The Morgan fingerprint density at radius 3 is 2.29 bits per heavy atom. The molecule has 16 heteroatoms. The molecule has 3 amide bonds. The lowest BCUT2D eigenvalue weighted by Gasteiger charge is -2.38. The van der Waals surface area contributed by atoms with Crippen molar-refractivity contribution in [2.24, 2.45) is 0 Å². The SMILES string of the molecule is CCOC(=O)N1CCN(C(=O)C(CCC(=O)O)NC(=O)c2cc(OC3(C(=O)OCC)CCC3)n(-c3ccc(F)c(Cl)c3)n2)CC1. The lowest BCUT2D eigenvalue weighted by Crippen LogP contribution is -2.56. The normalized spacial score (nSPS) is 16.3. The molecule has 0 bridgehead atoms. The van der Waals surface area contributed by atoms with Gasteiger partial charge in [-0.25, -0.2) is 18.7 Å². The molecular weight excluding hydrogens is 617 g/mol. The average molecular weight is 652 g/mol. The Balaban J connectivity index is 1.58. The minimum atomic E-state index is -1.31. The number of nitrogens with one attached hydrogen (secondary N) is 1. The van der Waals surface area contributed by atoms with Crippen molar-refractivity contribution >= 4 is 41.4 Å². The zero-order chi connectivity index (χ0) is 32.7. The van der Waals surface area contributed by atoms with Crippen molar-refractivity contribution in [3.8, 4) is 11.6 Å². The molecular formula is C29H35ClFN5O9. The highest BCUT2D eigenvalue weighted by Crippen LogP contribution is 2.39. The summed E-state index contributed by atoms with van der Waals surface area (Å²) in [6.07, 6.45) is 0.308. The lowest BCUT2D eigenvalue weighted by atomic mass is 9.80. The van der Waals surface area contributed by atoms with Crippen molar-refractivity contribution in [2.75, 3.05) is 39.4 Å². The van der Waals surface area contributed by atoms with Crippen LogP contribution in [0.15, 0.2) is 24.3 Å². The number of nitrogens with zero attached hydrogens (tertiary/aromatic N) is 4. The molecule has 0 spiro atoms. The summed E-state index contributed by atoms with van der Waals surface area (Å²) < 4.78 is 31.5. The third-order valence-electron chi connectivity index (χ3n) is 7.53. The minimum absolute atomic E-state index is 0.0286. The van der Waals surface area contributed by atoms with Crippen molar-refractivity contribution in [3.05, 3.63) is 40.8 Å². The molecule has 1 aliphatic carbocycles. The summed E-state index contributed by atoms with van der Waals surface area (Å²) in [6, 6.07) is 3.77. The van der Waals surface area contributed by atoms with E-state index in [-0.39, 0.29) is 68.1 Å². The van der Waals surface area contributed by atoms with Gasteiger partial charge in [-0.3, -0.25) is 14.4 Å². The number of aromatic nitrogens is 2. The van der Waals surface area contributed by atoms with E-state index in [0.717, 1.165) is 6.07 Å². The van der Waals surface area contributed by atoms with Crippen LogP contribution in [0.1, 0.15) is 56.4 Å². The van der Waals surface area contributed by atoms with Gasteiger partial charge in [0, 0.05) is 38.7 Å². The first-order valence-corrected chi connectivity index (χ1v) is 15.0. The lowest BCUT2D eigenvalue weighted by molar-refractivity contribution is -0.170. The van der Waals surface area contributed by atoms with Gasteiger partial charge in [-0.05, 0) is 57.7 Å². The van der Waals surface area contributed by atoms with Gasteiger partial charge >= 0.3 is 18.0 Å². The number of benzene rings is 1. The fraction of sp³-hybridized carbons (Fsp3) is 0.517. The molecule has 244 valence electrons. The van der Waals surface area contributed by atoms with Crippen LogP contribution in [0.5, 0.6) is 5.88 Å². The summed E-state index contributed by atoms with van der Waals surface area (Å²) in [5, 5.41) is 16.0. The predicted molar refractivity (Wildman–Crippen MR) is 156 cm³/mol. The number of piperazine rings is 1. The Hall–Kier alpha value is -4.40. The van der Waals surface area contributed by atoms with Crippen LogP contribution in [0, 0.1) is 5.82 Å². The number of esters is 1. The number of carbonyl (C=O) groups is 5. The molecule has 2 aliphatic rings. The number of ether oxygens (including phenoxy) is 3. The van der Waals surface area contributed by atoms with Gasteiger partial charge in [0.25, 0.3) is 5.91 Å². The molecule has 1 aromatic carbocycles. The van der Waals surface area contributed by atoms with Crippen molar-refractivity contribution in [1.29, 1.82) is 0 Å². The Labute approximate surface area is 263 Å². The van der Waals surface area contributed by atoms with Gasteiger partial charge in [0.05, 0.1) is 23.9 Å². The van der Waals surface area contributed by atoms with Crippen LogP contribution in [-0.4, -0.2) is 106 Å². The Morgan fingerprint density at radius 2 is 1.71 bits per heavy atom. The molecule has 1 aromatic heterocycles. The van der Waals surface area contributed by atoms with E-state index >= 15 is 0 Å². The van der Waals surface area contributed by atoms with Crippen molar-refractivity contribution in [1.82, 2.24) is 24.9 Å². The Morgan fingerprint density at radius 1 is 1.04 bits per heavy atom. The van der Waals surface area contributed by atoms with Crippen molar-refractivity contribution < 1.29 is 47.7 Å². The second-order valence-corrected chi connectivity index (χ2v) is 10.9. The number of carboxylic acid groups (broad SMARTS) is 1. The van der Waals surface area contributed by atoms with Gasteiger partial charge in [0.1, 0.15) is 11.9 Å². The van der Waals surface area contributed by atoms with Gasteiger partial charge in [-0.2, -0.15) is 5.10 Å². The highest BCUT2D eigenvalue weighted by molar-refractivity contribution is 6.30. The summed E-state index contributed by atoms with van der Waals surface area (Å²) in [6.45, 7) is 4.42. The van der Waals surface area contributed by atoms with E-state index in [1.54, 1.807) is 13.8 Å². The van der Waals surface area contributed by atoms with Gasteiger partial charge in [0.2, 0.25) is 17.4 Å². The molecule has 14 nitrogen and oxygen atoms in total. The van der Waals surface area contributed by atoms with Crippen LogP contribution in [0.4, 0.5) is 9.18 Å². The molecule has 2 N–H and O–H groups in total. The molecule has 4 rings (SSSR count). The second-order valence-electron chi connectivity index (χ2n) is 10.5. The van der Waals surface area contributed by atoms with Crippen LogP contribution < -0.4 is 10.1 Å². The first kappa shape index (κ1) is 33.5. The standard InChI is InChI=1S/C29H35ClFN5O9/c1-3-43-27(41)29(10-5-11-29)45-23-17-22(33-36(23)18-6-7-20(31)19(30)16-18)25(39)32-21(8-9-24(37)38)26(40)34-12-14-35(15-13-34)28(42)44-4-2/h6-7,16-17,21H,3-5,8-15H2,1-2H3,(H,32,39)(H,37,38). The number of halogens is 2. The van der Waals surface area contributed by atoms with Gasteiger partial charge in [0.15, 0.2) is 5.69 Å². The maximum atomic E-state index is 13.9. The number of hydrogen-bond donors (Lipinski definition) is 2. The molecule has 1 saturated heterocycles. The fourth-order valence-electron chi connectivity index (χ4n) is 4.96. The van der Waals surface area contributed by atoms with Crippen molar-refractivity contribution in [3.63, 3.8) is 0 Å². The smallest absolute Gasteiger partial charge is 0.409 e. The van der Waals surface area contributed by atoms with Gasteiger partial charge < -0.3 is 34.4 Å². The zero-order valence-electron chi connectivity index (χ0n) is 24.9. The van der Waals surface area contributed by atoms with E-state index < -0.39 is 53.7 Å². The number of aliphatic carboxylic acids is 1. The van der Waals surface area contributed by atoms with E-state index in [0.29, 0.717) is 19.3 Å². The molecule has 1 atom stereocenters.